The van der Waals surface area contributed by atoms with Crippen LogP contribution < -0.4 is 5.73 Å². The minimum atomic E-state index is -0.916. The minimum absolute atomic E-state index is 0.420. The highest BCUT2D eigenvalue weighted by Gasteiger charge is 2.29. The van der Waals surface area contributed by atoms with E-state index in [1.807, 2.05) is 18.2 Å². The van der Waals surface area contributed by atoms with E-state index < -0.39 is 18.1 Å². The highest BCUT2D eigenvalue weighted by atomic mass is 16.5. The molecule has 0 aromatic heterocycles. The maximum Gasteiger partial charge on any atom is 0.367 e. The van der Waals surface area contributed by atoms with Crippen molar-refractivity contribution in [1.29, 1.82) is 0 Å². The molecule has 0 saturated heterocycles. The van der Waals surface area contributed by atoms with E-state index in [4.69, 9.17) is 4.74 Å². The average molecular weight is 379 g/mol. The molecule has 0 radical (unpaired) electrons. The van der Waals surface area contributed by atoms with E-state index in [1.54, 1.807) is 12.1 Å². The van der Waals surface area contributed by atoms with E-state index in [0.717, 1.165) is 12.8 Å². The summed E-state index contributed by atoms with van der Waals surface area (Å²) in [5.41, 5.74) is 4.46. The number of ether oxygens (including phenoxy) is 1. The normalized spacial score (nSPS) is 13.3. The molecule has 0 spiro atoms. The van der Waals surface area contributed by atoms with Gasteiger partial charge in [0.05, 0.1) is 6.61 Å². The number of hydrogen-bond acceptors (Lipinski definition) is 3. The molecular weight excluding hydrogens is 338 g/mol. The number of hydrogen-bond donors (Lipinski definition) is 2. The molecule has 1 aromatic rings. The summed E-state index contributed by atoms with van der Waals surface area (Å²) >= 11 is 0. The van der Waals surface area contributed by atoms with Crippen LogP contribution in [0, 0.1) is 0 Å². The van der Waals surface area contributed by atoms with Crippen LogP contribution in [0.5, 0.6) is 0 Å². The molecule has 1 aromatic carbocycles. The number of aliphatic hydroxyl groups is 1. The van der Waals surface area contributed by atoms with E-state index in [-0.39, 0.29) is 0 Å². The van der Waals surface area contributed by atoms with Crippen LogP contribution in [0.25, 0.3) is 0 Å². The first kappa shape index (κ1) is 23.6. The van der Waals surface area contributed by atoms with Crippen molar-refractivity contribution < 1.29 is 20.4 Å². The number of carbonyl (C=O) groups is 1. The Morgan fingerprint density at radius 3 is 1.89 bits per heavy atom. The van der Waals surface area contributed by atoms with Gasteiger partial charge in [-0.25, -0.2) is 4.79 Å². The lowest BCUT2D eigenvalue weighted by Crippen LogP contribution is -2.68. The quantitative estimate of drug-likeness (QED) is 0.327. The zero-order valence-electron chi connectivity index (χ0n) is 17.2. The van der Waals surface area contributed by atoms with Gasteiger partial charge in [0.15, 0.2) is 0 Å². The molecule has 2 unspecified atom stereocenters. The van der Waals surface area contributed by atoms with Crippen LogP contribution in [0.2, 0.25) is 0 Å². The summed E-state index contributed by atoms with van der Waals surface area (Å²) in [5, 5.41) is 10.2. The Hall–Kier alpha value is -1.39. The average Bonchev–Trinajstić information content (AvgIpc) is 2.70. The lowest BCUT2D eigenvalue weighted by atomic mass is 10.0. The van der Waals surface area contributed by atoms with Gasteiger partial charge in [0.2, 0.25) is 6.04 Å². The largest absolute Gasteiger partial charge is 0.461 e. The summed E-state index contributed by atoms with van der Waals surface area (Å²) in [5.74, 6) is -0.422. The van der Waals surface area contributed by atoms with E-state index in [0.29, 0.717) is 12.2 Å². The first-order chi connectivity index (χ1) is 13.2. The van der Waals surface area contributed by atoms with Crippen molar-refractivity contribution in [3.8, 4) is 0 Å². The van der Waals surface area contributed by atoms with Crippen LogP contribution >= 0.6 is 0 Å². The van der Waals surface area contributed by atoms with Gasteiger partial charge in [-0.1, -0.05) is 108 Å². The molecule has 27 heavy (non-hydrogen) atoms. The van der Waals surface area contributed by atoms with Crippen molar-refractivity contribution in [2.24, 2.45) is 0 Å². The Morgan fingerprint density at radius 2 is 1.37 bits per heavy atom. The molecule has 1 rings (SSSR count). The molecule has 2 atom stereocenters. The van der Waals surface area contributed by atoms with Crippen LogP contribution in [-0.4, -0.2) is 23.7 Å². The van der Waals surface area contributed by atoms with Crippen LogP contribution in [0.15, 0.2) is 30.3 Å². The smallest absolute Gasteiger partial charge is 0.367 e. The fourth-order valence-corrected chi connectivity index (χ4v) is 3.23. The van der Waals surface area contributed by atoms with E-state index >= 15 is 0 Å². The summed E-state index contributed by atoms with van der Waals surface area (Å²) in [4.78, 5) is 12.0. The van der Waals surface area contributed by atoms with Gasteiger partial charge in [-0.2, -0.15) is 0 Å². The van der Waals surface area contributed by atoms with Gasteiger partial charge < -0.3 is 15.6 Å². The summed E-state index contributed by atoms with van der Waals surface area (Å²) < 4.78 is 5.28. The topological polar surface area (TPSA) is 74.2 Å². The third-order valence-electron chi connectivity index (χ3n) is 5.07. The van der Waals surface area contributed by atoms with Crippen LogP contribution in [0.1, 0.15) is 95.6 Å². The zero-order valence-corrected chi connectivity index (χ0v) is 17.2. The van der Waals surface area contributed by atoms with Gasteiger partial charge in [-0.3, -0.25) is 0 Å². The van der Waals surface area contributed by atoms with Crippen molar-refractivity contribution in [3.63, 3.8) is 0 Å². The predicted molar refractivity (Wildman–Crippen MR) is 110 cm³/mol. The van der Waals surface area contributed by atoms with Crippen molar-refractivity contribution in [2.45, 2.75) is 96.1 Å². The summed E-state index contributed by atoms with van der Waals surface area (Å²) in [7, 11) is 0. The Balaban J connectivity index is 1.96. The van der Waals surface area contributed by atoms with Gasteiger partial charge in [0.25, 0.3) is 0 Å². The molecule has 0 saturated carbocycles. The second kappa shape index (κ2) is 15.6. The van der Waals surface area contributed by atoms with Gasteiger partial charge in [0, 0.05) is 0 Å². The molecule has 0 bridgehead atoms. The Labute approximate surface area is 165 Å². The van der Waals surface area contributed by atoms with Gasteiger partial charge >= 0.3 is 5.97 Å². The number of quaternary nitrogens is 1. The first-order valence-electron chi connectivity index (χ1n) is 10.9. The highest BCUT2D eigenvalue weighted by molar-refractivity contribution is 5.75. The van der Waals surface area contributed by atoms with Crippen molar-refractivity contribution in [3.05, 3.63) is 35.9 Å². The fourth-order valence-electron chi connectivity index (χ4n) is 3.23. The predicted octanol–water partition coefficient (Wildman–Crippen LogP) is 4.57. The third-order valence-corrected chi connectivity index (χ3v) is 5.07. The minimum Gasteiger partial charge on any atom is -0.461 e. The number of benzene rings is 1. The Kier molecular flexibility index (Phi) is 13.7. The molecule has 154 valence electrons. The third kappa shape index (κ3) is 11.1. The molecule has 0 heterocycles. The number of esters is 1. The first-order valence-corrected chi connectivity index (χ1v) is 10.9. The number of aliphatic hydroxyl groups excluding tert-OH is 1. The van der Waals surface area contributed by atoms with Crippen LogP contribution in [-0.2, 0) is 9.53 Å². The number of rotatable bonds is 16. The van der Waals surface area contributed by atoms with Crippen molar-refractivity contribution in [2.75, 3.05) is 6.61 Å². The van der Waals surface area contributed by atoms with E-state index in [9.17, 15) is 9.90 Å². The lowest BCUT2D eigenvalue weighted by molar-refractivity contribution is -0.426. The number of unbranched alkanes of at least 4 members (excludes halogenated alkanes) is 11. The molecular formula is C23H40NO3+. The number of carbonyl (C=O) groups excluding carboxylic acids is 1. The molecule has 4 nitrogen and oxygen atoms in total. The van der Waals surface area contributed by atoms with Gasteiger partial charge in [0.1, 0.15) is 6.10 Å². The summed E-state index contributed by atoms with van der Waals surface area (Å²) in [6.07, 6.45) is 14.4. The molecule has 0 fully saturated rings. The highest BCUT2D eigenvalue weighted by Crippen LogP contribution is 2.15. The Bertz CT molecular complexity index is 478. The zero-order chi connectivity index (χ0) is 19.7. The fraction of sp³-hybridized carbons (Fsp3) is 0.696. The summed E-state index contributed by atoms with van der Waals surface area (Å²) in [6.45, 7) is 2.68. The summed E-state index contributed by atoms with van der Waals surface area (Å²) in [6, 6.07) is 8.35. The monoisotopic (exact) mass is 378 g/mol. The molecule has 0 aliphatic rings. The maximum absolute atomic E-state index is 12.0. The van der Waals surface area contributed by atoms with Gasteiger partial charge in [-0.15, -0.1) is 0 Å². The second-order valence-electron chi connectivity index (χ2n) is 7.52. The van der Waals surface area contributed by atoms with E-state index in [2.05, 4.69) is 12.7 Å². The Morgan fingerprint density at radius 1 is 0.889 bits per heavy atom. The second-order valence-corrected chi connectivity index (χ2v) is 7.52. The van der Waals surface area contributed by atoms with Gasteiger partial charge in [-0.05, 0) is 12.0 Å². The van der Waals surface area contributed by atoms with E-state index in [1.165, 1.54) is 64.2 Å². The maximum atomic E-state index is 12.0. The molecule has 0 aliphatic heterocycles. The standard InChI is InChI=1S/C23H39NO3/c1-2-3-4-5-6-7-8-9-10-11-12-16-19-27-23(26)21(24)22(25)20-17-14-13-15-18-20/h13-15,17-18,21-22,25H,2-12,16,19,24H2,1H3/p+1. The molecule has 0 amide bonds. The van der Waals surface area contributed by atoms with Crippen LogP contribution in [0.4, 0.5) is 0 Å². The van der Waals surface area contributed by atoms with Crippen molar-refractivity contribution in [1.82, 2.24) is 0 Å². The van der Waals surface area contributed by atoms with Crippen molar-refractivity contribution >= 4 is 5.97 Å². The lowest BCUT2D eigenvalue weighted by Gasteiger charge is -2.15. The van der Waals surface area contributed by atoms with Crippen LogP contribution in [0.3, 0.4) is 0 Å². The molecule has 0 aliphatic carbocycles. The SMILES string of the molecule is CCCCCCCCCCCCCCOC(=O)C([NH3+])C(O)c1ccccc1. The molecule has 4 heteroatoms. The molecule has 4 N–H and O–H groups in total.